The van der Waals surface area contributed by atoms with Gasteiger partial charge < -0.3 is 30.0 Å². The average Bonchev–Trinajstić information content (AvgIpc) is 3.24. The standard InChI is InChI=1S/C28H30F4N4O3/c1-33-23-14-17(27(37)34-2)9-10-25(23)38-13-5-8-24-19(15-28(30,31)32)18-6-4-7-22(26(18)39-24)35-21-11-12-36(3)16-20(21)29/h4,6-7,9-10,14,20-21,33,35H,11-13,15-16H2,1-3H3,(H,34,37)/t20-,21+/m0/s1. The van der Waals surface area contributed by atoms with Gasteiger partial charge >= 0.3 is 6.18 Å². The summed E-state index contributed by atoms with van der Waals surface area (Å²) in [6, 6.07) is 9.14. The van der Waals surface area contributed by atoms with Crippen LogP contribution < -0.4 is 20.7 Å². The molecule has 1 aliphatic rings. The highest BCUT2D eigenvalue weighted by molar-refractivity contribution is 5.95. The van der Waals surface area contributed by atoms with Crippen LogP contribution in [0.2, 0.25) is 0 Å². The number of fused-ring (bicyclic) bond motifs is 1. The molecule has 0 saturated carbocycles. The topological polar surface area (TPSA) is 78.8 Å². The van der Waals surface area contributed by atoms with E-state index < -0.39 is 24.8 Å². The highest BCUT2D eigenvalue weighted by atomic mass is 19.4. The number of rotatable bonds is 7. The third kappa shape index (κ3) is 6.75. The van der Waals surface area contributed by atoms with Crippen LogP contribution in [0.3, 0.4) is 0 Å². The van der Waals surface area contributed by atoms with E-state index in [9.17, 15) is 22.4 Å². The van der Waals surface area contributed by atoms with E-state index in [0.717, 1.165) is 0 Å². The van der Waals surface area contributed by atoms with Crippen molar-refractivity contribution in [2.45, 2.75) is 31.2 Å². The number of hydrogen-bond acceptors (Lipinski definition) is 6. The van der Waals surface area contributed by atoms with E-state index in [2.05, 4.69) is 27.8 Å². The molecule has 0 bridgehead atoms. The predicted molar refractivity (Wildman–Crippen MR) is 142 cm³/mol. The fourth-order valence-electron chi connectivity index (χ4n) is 4.55. The summed E-state index contributed by atoms with van der Waals surface area (Å²) in [5.74, 6) is 5.45. The zero-order valence-electron chi connectivity index (χ0n) is 21.8. The molecule has 2 heterocycles. The minimum atomic E-state index is -4.49. The molecule has 1 saturated heterocycles. The fourth-order valence-corrected chi connectivity index (χ4v) is 4.55. The summed E-state index contributed by atoms with van der Waals surface area (Å²) < 4.78 is 66.6. The summed E-state index contributed by atoms with van der Waals surface area (Å²) >= 11 is 0. The number of furan rings is 1. The summed E-state index contributed by atoms with van der Waals surface area (Å²) in [7, 11) is 5.03. The molecule has 1 amide bonds. The van der Waals surface area contributed by atoms with Gasteiger partial charge in [0.1, 0.15) is 18.5 Å². The average molecular weight is 547 g/mol. The smallest absolute Gasteiger partial charge is 0.393 e. The number of hydrogen-bond donors (Lipinski definition) is 3. The summed E-state index contributed by atoms with van der Waals surface area (Å²) in [5.41, 5.74) is 1.53. The van der Waals surface area contributed by atoms with E-state index >= 15 is 0 Å². The third-order valence-corrected chi connectivity index (χ3v) is 6.52. The number of carbonyl (C=O) groups excluding carboxylic acids is 1. The molecule has 1 fully saturated rings. The molecule has 39 heavy (non-hydrogen) atoms. The Kier molecular flexibility index (Phi) is 8.55. The second-order valence-corrected chi connectivity index (χ2v) is 9.33. The van der Waals surface area contributed by atoms with Crippen LogP contribution in [-0.4, -0.2) is 70.0 Å². The van der Waals surface area contributed by atoms with Crippen molar-refractivity contribution in [3.8, 4) is 17.6 Å². The first-order chi connectivity index (χ1) is 18.6. The Morgan fingerprint density at radius 2 is 2.00 bits per heavy atom. The lowest BCUT2D eigenvalue weighted by Gasteiger charge is -2.33. The van der Waals surface area contributed by atoms with Crippen LogP contribution in [-0.2, 0) is 6.42 Å². The van der Waals surface area contributed by atoms with E-state index in [0.29, 0.717) is 35.7 Å². The van der Waals surface area contributed by atoms with Crippen LogP contribution in [0.4, 0.5) is 28.9 Å². The number of nitrogens with zero attached hydrogens (tertiary/aromatic N) is 1. The van der Waals surface area contributed by atoms with Gasteiger partial charge in [-0.25, -0.2) is 4.39 Å². The Morgan fingerprint density at radius 3 is 2.69 bits per heavy atom. The Bertz CT molecular complexity index is 1390. The lowest BCUT2D eigenvalue weighted by Crippen LogP contribution is -2.46. The minimum Gasteiger partial charge on any atom is -0.479 e. The normalized spacial score (nSPS) is 17.8. The molecule has 4 rings (SSSR count). The van der Waals surface area contributed by atoms with E-state index in [4.69, 9.17) is 9.15 Å². The van der Waals surface area contributed by atoms with Crippen molar-refractivity contribution in [1.29, 1.82) is 0 Å². The summed E-state index contributed by atoms with van der Waals surface area (Å²) in [4.78, 5) is 13.8. The molecule has 208 valence electrons. The lowest BCUT2D eigenvalue weighted by molar-refractivity contribution is -0.127. The molecule has 0 radical (unpaired) electrons. The van der Waals surface area contributed by atoms with Gasteiger partial charge in [0.05, 0.1) is 23.8 Å². The van der Waals surface area contributed by atoms with Crippen LogP contribution in [0, 0.1) is 11.8 Å². The van der Waals surface area contributed by atoms with Crippen LogP contribution in [0.25, 0.3) is 11.0 Å². The first kappa shape index (κ1) is 28.1. The Labute approximate surface area is 223 Å². The number of carbonyl (C=O) groups is 1. The summed E-state index contributed by atoms with van der Waals surface area (Å²) in [6.45, 7) is 0.832. The third-order valence-electron chi connectivity index (χ3n) is 6.52. The number of piperidine rings is 1. The Morgan fingerprint density at radius 1 is 1.21 bits per heavy atom. The number of amides is 1. The summed E-state index contributed by atoms with van der Waals surface area (Å²) in [6.07, 6.45) is -6.29. The molecule has 2 atom stereocenters. The minimum absolute atomic E-state index is 0.0836. The van der Waals surface area contributed by atoms with Gasteiger partial charge in [-0.3, -0.25) is 4.79 Å². The molecule has 7 nitrogen and oxygen atoms in total. The van der Waals surface area contributed by atoms with Crippen LogP contribution >= 0.6 is 0 Å². The number of likely N-dealkylation sites (tertiary alicyclic amines) is 1. The quantitative estimate of drug-likeness (QED) is 0.291. The van der Waals surface area contributed by atoms with Crippen molar-refractivity contribution in [3.63, 3.8) is 0 Å². The predicted octanol–water partition coefficient (Wildman–Crippen LogP) is 4.82. The largest absolute Gasteiger partial charge is 0.479 e. The fraction of sp³-hybridized carbons (Fsp3) is 0.393. The first-order valence-corrected chi connectivity index (χ1v) is 12.5. The van der Waals surface area contributed by atoms with Crippen molar-refractivity contribution >= 4 is 28.3 Å². The SMILES string of the molecule is CNC(=O)c1ccc(OCC#Cc2oc3c(N[C@@H]4CCN(C)C[C@@H]4F)cccc3c2CC(F)(F)F)c(NC)c1. The van der Waals surface area contributed by atoms with Gasteiger partial charge in [-0.05, 0) is 43.7 Å². The van der Waals surface area contributed by atoms with E-state index in [1.54, 1.807) is 43.4 Å². The number of halogens is 4. The van der Waals surface area contributed by atoms with Crippen molar-refractivity contribution in [2.24, 2.45) is 0 Å². The second-order valence-electron chi connectivity index (χ2n) is 9.33. The van der Waals surface area contributed by atoms with Crippen LogP contribution in [0.15, 0.2) is 40.8 Å². The highest BCUT2D eigenvalue weighted by Gasteiger charge is 2.33. The molecular weight excluding hydrogens is 516 g/mol. The van der Waals surface area contributed by atoms with Crippen LogP contribution in [0.1, 0.15) is 28.1 Å². The molecule has 2 aromatic carbocycles. The zero-order valence-corrected chi connectivity index (χ0v) is 21.8. The van der Waals surface area contributed by atoms with Crippen molar-refractivity contribution in [1.82, 2.24) is 10.2 Å². The van der Waals surface area contributed by atoms with Gasteiger partial charge in [0.25, 0.3) is 5.91 Å². The molecule has 1 aliphatic heterocycles. The number of ether oxygens (including phenoxy) is 1. The number of benzene rings is 2. The van der Waals surface area contributed by atoms with Gasteiger partial charge in [-0.15, -0.1) is 0 Å². The van der Waals surface area contributed by atoms with Crippen molar-refractivity contribution in [3.05, 3.63) is 53.3 Å². The lowest BCUT2D eigenvalue weighted by atomic mass is 10.0. The molecule has 3 aromatic rings. The maximum Gasteiger partial charge on any atom is 0.393 e. The molecule has 1 aromatic heterocycles. The molecule has 0 aliphatic carbocycles. The van der Waals surface area contributed by atoms with E-state index in [1.807, 2.05) is 11.9 Å². The Balaban J connectivity index is 1.59. The van der Waals surface area contributed by atoms with E-state index in [1.165, 1.54) is 7.05 Å². The molecule has 0 spiro atoms. The maximum absolute atomic E-state index is 14.6. The zero-order chi connectivity index (χ0) is 28.2. The monoisotopic (exact) mass is 546 g/mol. The van der Waals surface area contributed by atoms with E-state index in [-0.39, 0.29) is 41.4 Å². The molecule has 3 N–H and O–H groups in total. The number of para-hydroxylation sites is 1. The molecular formula is C28H30F4N4O3. The number of nitrogens with one attached hydrogen (secondary N) is 3. The Hall–Kier alpha value is -3.91. The highest BCUT2D eigenvalue weighted by Crippen LogP contribution is 2.36. The summed E-state index contributed by atoms with van der Waals surface area (Å²) in [5, 5.41) is 8.88. The maximum atomic E-state index is 14.6. The number of alkyl halides is 4. The van der Waals surface area contributed by atoms with Gasteiger partial charge in [0, 0.05) is 43.7 Å². The molecule has 0 unspecified atom stereocenters. The first-order valence-electron chi connectivity index (χ1n) is 12.5. The van der Waals surface area contributed by atoms with Gasteiger partial charge in [0.15, 0.2) is 11.3 Å². The molecule has 11 heteroatoms. The van der Waals surface area contributed by atoms with Crippen molar-refractivity contribution < 1.29 is 31.5 Å². The number of anilines is 2. The van der Waals surface area contributed by atoms with Gasteiger partial charge in [-0.1, -0.05) is 18.1 Å². The van der Waals surface area contributed by atoms with Gasteiger partial charge in [-0.2, -0.15) is 13.2 Å². The van der Waals surface area contributed by atoms with Crippen molar-refractivity contribution in [2.75, 3.05) is 51.5 Å². The second kappa shape index (κ2) is 11.9. The van der Waals surface area contributed by atoms with Gasteiger partial charge in [0.2, 0.25) is 0 Å². The van der Waals surface area contributed by atoms with Crippen LogP contribution in [0.5, 0.6) is 5.75 Å².